The van der Waals surface area contributed by atoms with Crippen LogP contribution in [0.5, 0.6) is 0 Å². The van der Waals surface area contributed by atoms with E-state index in [1.165, 1.54) is 6.92 Å². The van der Waals surface area contributed by atoms with Crippen LogP contribution in [0.4, 0.5) is 0 Å². The van der Waals surface area contributed by atoms with E-state index in [-0.39, 0.29) is 11.9 Å². The minimum absolute atomic E-state index is 0.198. The molecule has 3 atom stereocenters. The second-order valence-corrected chi connectivity index (χ2v) is 4.18. The van der Waals surface area contributed by atoms with Gasteiger partial charge in [0.1, 0.15) is 5.78 Å². The summed E-state index contributed by atoms with van der Waals surface area (Å²) in [5, 5.41) is 0. The number of carbonyl (C=O) groups is 2. The SMILES string of the molecule is CC(=O)OC[C@H]1C[C@H]2CC(=O)[C@H]1C2. The van der Waals surface area contributed by atoms with Crippen LogP contribution in [0.2, 0.25) is 0 Å². The van der Waals surface area contributed by atoms with E-state index in [0.717, 1.165) is 19.3 Å². The van der Waals surface area contributed by atoms with Crippen molar-refractivity contribution >= 4 is 11.8 Å². The smallest absolute Gasteiger partial charge is 0.302 e. The maximum atomic E-state index is 11.4. The molecular weight excluding hydrogens is 168 g/mol. The van der Waals surface area contributed by atoms with Crippen molar-refractivity contribution in [2.24, 2.45) is 17.8 Å². The van der Waals surface area contributed by atoms with Crippen LogP contribution >= 0.6 is 0 Å². The number of Topliss-reactive ketones (excluding diaryl/α,β-unsaturated/α-hetero) is 1. The lowest BCUT2D eigenvalue weighted by Crippen LogP contribution is -2.24. The first-order valence-corrected chi connectivity index (χ1v) is 4.83. The molecule has 0 amide bonds. The molecule has 2 saturated carbocycles. The Morgan fingerprint density at radius 1 is 1.54 bits per heavy atom. The van der Waals surface area contributed by atoms with Gasteiger partial charge in [-0.3, -0.25) is 9.59 Å². The third kappa shape index (κ3) is 1.60. The molecule has 0 saturated heterocycles. The van der Waals surface area contributed by atoms with Gasteiger partial charge in [0.2, 0.25) is 0 Å². The summed E-state index contributed by atoms with van der Waals surface area (Å²) in [7, 11) is 0. The van der Waals surface area contributed by atoms with E-state index >= 15 is 0 Å². The number of esters is 1. The Labute approximate surface area is 77.4 Å². The molecule has 0 aromatic carbocycles. The Morgan fingerprint density at radius 3 is 2.85 bits per heavy atom. The van der Waals surface area contributed by atoms with Gasteiger partial charge in [0.15, 0.2) is 0 Å². The largest absolute Gasteiger partial charge is 0.466 e. The lowest BCUT2D eigenvalue weighted by atomic mass is 9.88. The molecule has 2 fully saturated rings. The molecule has 2 bridgehead atoms. The monoisotopic (exact) mass is 182 g/mol. The normalized spacial score (nSPS) is 36.7. The molecule has 3 nitrogen and oxygen atoms in total. The molecule has 0 spiro atoms. The first-order chi connectivity index (χ1) is 6.16. The van der Waals surface area contributed by atoms with E-state index in [1.54, 1.807) is 0 Å². The van der Waals surface area contributed by atoms with Crippen molar-refractivity contribution in [2.45, 2.75) is 26.2 Å². The molecule has 0 aromatic heterocycles. The minimum atomic E-state index is -0.241. The van der Waals surface area contributed by atoms with Gasteiger partial charge < -0.3 is 4.74 Å². The quantitative estimate of drug-likeness (QED) is 0.602. The third-order valence-electron chi connectivity index (χ3n) is 3.20. The maximum Gasteiger partial charge on any atom is 0.302 e. The molecule has 2 aliphatic carbocycles. The lowest BCUT2D eigenvalue weighted by molar-refractivity contribution is -0.144. The van der Waals surface area contributed by atoms with Crippen LogP contribution in [-0.4, -0.2) is 18.4 Å². The van der Waals surface area contributed by atoms with Crippen molar-refractivity contribution in [1.82, 2.24) is 0 Å². The lowest BCUT2D eigenvalue weighted by Gasteiger charge is -2.19. The van der Waals surface area contributed by atoms with Gasteiger partial charge in [-0.2, -0.15) is 0 Å². The zero-order chi connectivity index (χ0) is 9.42. The van der Waals surface area contributed by atoms with Crippen LogP contribution in [0.1, 0.15) is 26.2 Å². The average molecular weight is 182 g/mol. The van der Waals surface area contributed by atoms with Crippen molar-refractivity contribution in [1.29, 1.82) is 0 Å². The average Bonchev–Trinajstić information content (AvgIpc) is 2.58. The Kier molecular flexibility index (Phi) is 2.10. The second-order valence-electron chi connectivity index (χ2n) is 4.18. The van der Waals surface area contributed by atoms with Gasteiger partial charge in [0.25, 0.3) is 0 Å². The number of ketones is 1. The fourth-order valence-electron chi connectivity index (χ4n) is 2.65. The number of ether oxygens (including phenoxy) is 1. The summed E-state index contributed by atoms with van der Waals surface area (Å²) in [6, 6.07) is 0. The highest BCUT2D eigenvalue weighted by Gasteiger charge is 2.45. The summed E-state index contributed by atoms with van der Waals surface area (Å²) in [5.74, 6) is 1.24. The van der Waals surface area contributed by atoms with Crippen LogP contribution in [0.25, 0.3) is 0 Å². The zero-order valence-electron chi connectivity index (χ0n) is 7.79. The van der Waals surface area contributed by atoms with Gasteiger partial charge in [0, 0.05) is 25.2 Å². The Bertz CT molecular complexity index is 247. The van der Waals surface area contributed by atoms with Gasteiger partial charge in [0.05, 0.1) is 6.61 Å². The maximum absolute atomic E-state index is 11.4. The van der Waals surface area contributed by atoms with Gasteiger partial charge >= 0.3 is 5.97 Å². The van der Waals surface area contributed by atoms with Crippen molar-refractivity contribution in [3.8, 4) is 0 Å². The van der Waals surface area contributed by atoms with Gasteiger partial charge in [-0.05, 0) is 18.8 Å². The standard InChI is InChI=1S/C10H14O3/c1-6(11)13-5-8-2-7-3-9(8)10(12)4-7/h7-9H,2-5H2,1H3/t7-,8-,9+/m1/s1. The van der Waals surface area contributed by atoms with Crippen molar-refractivity contribution < 1.29 is 14.3 Å². The number of hydrogen-bond acceptors (Lipinski definition) is 3. The summed E-state index contributed by atoms with van der Waals surface area (Å²) in [4.78, 5) is 21.9. The summed E-state index contributed by atoms with van der Waals surface area (Å²) in [5.41, 5.74) is 0. The molecule has 2 aliphatic rings. The van der Waals surface area contributed by atoms with Crippen LogP contribution in [-0.2, 0) is 14.3 Å². The number of hydrogen-bond donors (Lipinski definition) is 0. The van der Waals surface area contributed by atoms with E-state index in [1.807, 2.05) is 0 Å². The molecule has 0 unspecified atom stereocenters. The number of carbonyl (C=O) groups excluding carboxylic acids is 2. The van der Waals surface area contributed by atoms with E-state index in [2.05, 4.69) is 0 Å². The van der Waals surface area contributed by atoms with Crippen LogP contribution < -0.4 is 0 Å². The number of rotatable bonds is 2. The summed E-state index contributed by atoms with van der Waals surface area (Å²) in [6.45, 7) is 1.86. The first kappa shape index (κ1) is 8.73. The molecule has 13 heavy (non-hydrogen) atoms. The Morgan fingerprint density at radius 2 is 2.31 bits per heavy atom. The predicted molar refractivity (Wildman–Crippen MR) is 46.0 cm³/mol. The highest BCUT2D eigenvalue weighted by atomic mass is 16.5. The molecule has 0 N–H and O–H groups in total. The molecule has 0 heterocycles. The van der Waals surface area contributed by atoms with Crippen molar-refractivity contribution in [3.63, 3.8) is 0 Å². The van der Waals surface area contributed by atoms with E-state index < -0.39 is 0 Å². The highest BCUT2D eigenvalue weighted by Crippen LogP contribution is 2.46. The minimum Gasteiger partial charge on any atom is -0.466 e. The Balaban J connectivity index is 1.89. The van der Waals surface area contributed by atoms with E-state index in [9.17, 15) is 9.59 Å². The van der Waals surface area contributed by atoms with Gasteiger partial charge in [-0.25, -0.2) is 0 Å². The summed E-state index contributed by atoms with van der Waals surface area (Å²) < 4.78 is 4.94. The number of fused-ring (bicyclic) bond motifs is 2. The van der Waals surface area contributed by atoms with Gasteiger partial charge in [-0.15, -0.1) is 0 Å². The molecule has 3 heteroatoms. The predicted octanol–water partition coefficient (Wildman–Crippen LogP) is 1.16. The molecule has 2 rings (SSSR count). The van der Waals surface area contributed by atoms with Crippen molar-refractivity contribution in [2.75, 3.05) is 6.61 Å². The molecule has 0 radical (unpaired) electrons. The zero-order valence-corrected chi connectivity index (χ0v) is 7.79. The van der Waals surface area contributed by atoms with Crippen molar-refractivity contribution in [3.05, 3.63) is 0 Å². The fourth-order valence-corrected chi connectivity index (χ4v) is 2.65. The second kappa shape index (κ2) is 3.13. The Hall–Kier alpha value is -0.860. The van der Waals surface area contributed by atoms with E-state index in [4.69, 9.17) is 4.74 Å². The first-order valence-electron chi connectivity index (χ1n) is 4.83. The van der Waals surface area contributed by atoms with Crippen LogP contribution in [0, 0.1) is 17.8 Å². The highest BCUT2D eigenvalue weighted by molar-refractivity contribution is 5.84. The molecular formula is C10H14O3. The topological polar surface area (TPSA) is 43.4 Å². The third-order valence-corrected chi connectivity index (χ3v) is 3.20. The van der Waals surface area contributed by atoms with Crippen LogP contribution in [0.15, 0.2) is 0 Å². The molecule has 72 valence electrons. The molecule has 0 aliphatic heterocycles. The summed E-state index contributed by atoms with van der Waals surface area (Å²) >= 11 is 0. The van der Waals surface area contributed by atoms with Crippen LogP contribution in [0.3, 0.4) is 0 Å². The summed E-state index contributed by atoms with van der Waals surface area (Å²) in [6.07, 6.45) is 2.87. The molecule has 0 aromatic rings. The van der Waals surface area contributed by atoms with Gasteiger partial charge in [-0.1, -0.05) is 0 Å². The van der Waals surface area contributed by atoms with E-state index in [0.29, 0.717) is 24.2 Å². The fraction of sp³-hybridized carbons (Fsp3) is 0.800.